The predicted molar refractivity (Wildman–Crippen MR) is 65.1 cm³/mol. The highest BCUT2D eigenvalue weighted by Gasteiger charge is 2.31. The van der Waals surface area contributed by atoms with Crippen LogP contribution in [0.5, 0.6) is 0 Å². The standard InChI is InChI=1S/C14H16O4/c1-18-14(17)10-5-2-4-9(8-10)13(16)11-6-3-7-12(11)15/h2,4-5,8,11,13,16H,3,6-7H2,1H3/t11-,13-/m0/s1. The fraction of sp³-hybridized carbons (Fsp3) is 0.429. The SMILES string of the molecule is COC(=O)c1cccc([C@H](O)[C@H]2CCCC2=O)c1. The third-order valence-corrected chi connectivity index (χ3v) is 3.38. The Labute approximate surface area is 106 Å². The summed E-state index contributed by atoms with van der Waals surface area (Å²) < 4.78 is 4.63. The molecule has 18 heavy (non-hydrogen) atoms. The Morgan fingerprint density at radius 2 is 2.28 bits per heavy atom. The summed E-state index contributed by atoms with van der Waals surface area (Å²) in [6.07, 6.45) is 1.25. The highest BCUT2D eigenvalue weighted by atomic mass is 16.5. The number of ketones is 1. The predicted octanol–water partition coefficient (Wildman–Crippen LogP) is 1.88. The Kier molecular flexibility index (Phi) is 3.77. The average Bonchev–Trinajstić information content (AvgIpc) is 2.83. The molecular weight excluding hydrogens is 232 g/mol. The lowest BCUT2D eigenvalue weighted by Crippen LogP contribution is -2.17. The lowest BCUT2D eigenvalue weighted by atomic mass is 9.93. The van der Waals surface area contributed by atoms with E-state index in [4.69, 9.17) is 0 Å². The summed E-state index contributed by atoms with van der Waals surface area (Å²) in [5.41, 5.74) is 0.984. The van der Waals surface area contributed by atoms with E-state index in [-0.39, 0.29) is 11.7 Å². The Balaban J connectivity index is 2.22. The number of carbonyl (C=O) groups is 2. The van der Waals surface area contributed by atoms with Crippen molar-refractivity contribution in [3.05, 3.63) is 35.4 Å². The van der Waals surface area contributed by atoms with E-state index in [9.17, 15) is 14.7 Å². The van der Waals surface area contributed by atoms with Crippen molar-refractivity contribution < 1.29 is 19.4 Å². The van der Waals surface area contributed by atoms with Gasteiger partial charge < -0.3 is 9.84 Å². The van der Waals surface area contributed by atoms with E-state index in [2.05, 4.69) is 4.74 Å². The molecule has 1 fully saturated rings. The van der Waals surface area contributed by atoms with Crippen molar-refractivity contribution in [3.63, 3.8) is 0 Å². The summed E-state index contributed by atoms with van der Waals surface area (Å²) in [6, 6.07) is 6.62. The number of hydrogen-bond acceptors (Lipinski definition) is 4. The molecule has 0 heterocycles. The normalized spacial score (nSPS) is 20.8. The number of rotatable bonds is 3. The Hall–Kier alpha value is -1.68. The molecule has 0 bridgehead atoms. The van der Waals surface area contributed by atoms with Crippen LogP contribution in [0, 0.1) is 5.92 Å². The van der Waals surface area contributed by atoms with Gasteiger partial charge in [-0.15, -0.1) is 0 Å². The second-order valence-corrected chi connectivity index (χ2v) is 4.53. The number of aliphatic hydroxyl groups excluding tert-OH is 1. The summed E-state index contributed by atoms with van der Waals surface area (Å²) >= 11 is 0. The van der Waals surface area contributed by atoms with Gasteiger partial charge in [-0.05, 0) is 30.5 Å². The van der Waals surface area contributed by atoms with Gasteiger partial charge in [0.15, 0.2) is 0 Å². The molecule has 1 aromatic carbocycles. The number of methoxy groups -OCH3 is 1. The van der Waals surface area contributed by atoms with Crippen LogP contribution in [0.25, 0.3) is 0 Å². The molecule has 0 unspecified atom stereocenters. The van der Waals surface area contributed by atoms with Crippen LogP contribution in [0.2, 0.25) is 0 Å². The number of Topliss-reactive ketones (excluding diaryl/α,β-unsaturated/α-hetero) is 1. The number of carbonyl (C=O) groups excluding carboxylic acids is 2. The minimum absolute atomic E-state index is 0.103. The molecule has 1 aliphatic rings. The third kappa shape index (κ3) is 2.43. The number of hydrogen-bond donors (Lipinski definition) is 1. The minimum atomic E-state index is -0.829. The molecule has 1 N–H and O–H groups in total. The Morgan fingerprint density at radius 3 is 2.89 bits per heavy atom. The summed E-state index contributed by atoms with van der Waals surface area (Å²) in [5.74, 6) is -0.675. The molecule has 4 nitrogen and oxygen atoms in total. The van der Waals surface area contributed by atoms with E-state index >= 15 is 0 Å². The third-order valence-electron chi connectivity index (χ3n) is 3.38. The zero-order valence-electron chi connectivity index (χ0n) is 10.3. The van der Waals surface area contributed by atoms with Crippen molar-refractivity contribution in [2.75, 3.05) is 7.11 Å². The number of benzene rings is 1. The molecule has 2 atom stereocenters. The van der Waals surface area contributed by atoms with Gasteiger partial charge in [0.25, 0.3) is 0 Å². The summed E-state index contributed by atoms with van der Waals surface area (Å²) in [4.78, 5) is 23.0. The van der Waals surface area contributed by atoms with E-state index < -0.39 is 12.1 Å². The molecule has 0 aromatic heterocycles. The molecule has 0 saturated heterocycles. The van der Waals surface area contributed by atoms with Crippen molar-refractivity contribution in [2.45, 2.75) is 25.4 Å². The highest BCUT2D eigenvalue weighted by Crippen LogP contribution is 2.33. The van der Waals surface area contributed by atoms with Crippen LogP contribution in [-0.2, 0) is 9.53 Å². The molecule has 0 spiro atoms. The monoisotopic (exact) mass is 248 g/mol. The van der Waals surface area contributed by atoms with Crippen molar-refractivity contribution in [2.24, 2.45) is 5.92 Å². The maximum absolute atomic E-state index is 11.6. The zero-order chi connectivity index (χ0) is 13.1. The van der Waals surface area contributed by atoms with Crippen LogP contribution in [0.3, 0.4) is 0 Å². The fourth-order valence-corrected chi connectivity index (χ4v) is 2.38. The molecule has 1 saturated carbocycles. The topological polar surface area (TPSA) is 63.6 Å². The van der Waals surface area contributed by atoms with Gasteiger partial charge in [0.05, 0.1) is 18.8 Å². The van der Waals surface area contributed by atoms with Gasteiger partial charge in [-0.1, -0.05) is 12.1 Å². The second kappa shape index (κ2) is 5.31. The first-order valence-corrected chi connectivity index (χ1v) is 6.02. The average molecular weight is 248 g/mol. The van der Waals surface area contributed by atoms with Gasteiger partial charge in [-0.3, -0.25) is 4.79 Å². The van der Waals surface area contributed by atoms with Crippen LogP contribution in [0.4, 0.5) is 0 Å². The number of aliphatic hydroxyl groups is 1. The van der Waals surface area contributed by atoms with E-state index in [1.807, 2.05) is 0 Å². The molecule has 0 amide bonds. The Bertz CT molecular complexity index is 467. The van der Waals surface area contributed by atoms with Crippen LogP contribution in [-0.4, -0.2) is 24.0 Å². The van der Waals surface area contributed by atoms with Crippen LogP contribution in [0.15, 0.2) is 24.3 Å². The summed E-state index contributed by atoms with van der Waals surface area (Å²) in [5, 5.41) is 10.2. The summed E-state index contributed by atoms with van der Waals surface area (Å²) in [6.45, 7) is 0. The van der Waals surface area contributed by atoms with Gasteiger partial charge in [0, 0.05) is 12.3 Å². The molecule has 0 aliphatic heterocycles. The van der Waals surface area contributed by atoms with E-state index in [1.54, 1.807) is 24.3 Å². The Morgan fingerprint density at radius 1 is 1.50 bits per heavy atom. The van der Waals surface area contributed by atoms with E-state index in [0.29, 0.717) is 24.0 Å². The minimum Gasteiger partial charge on any atom is -0.465 e. The zero-order valence-corrected chi connectivity index (χ0v) is 10.3. The fourth-order valence-electron chi connectivity index (χ4n) is 2.38. The second-order valence-electron chi connectivity index (χ2n) is 4.53. The largest absolute Gasteiger partial charge is 0.465 e. The number of ether oxygens (including phenoxy) is 1. The molecular formula is C14H16O4. The first-order valence-electron chi connectivity index (χ1n) is 6.02. The van der Waals surface area contributed by atoms with Gasteiger partial charge in [-0.25, -0.2) is 4.79 Å². The van der Waals surface area contributed by atoms with Gasteiger partial charge in [0.1, 0.15) is 5.78 Å². The first-order chi connectivity index (χ1) is 8.63. The van der Waals surface area contributed by atoms with Crippen LogP contribution < -0.4 is 0 Å². The van der Waals surface area contributed by atoms with Crippen LogP contribution >= 0.6 is 0 Å². The highest BCUT2D eigenvalue weighted by molar-refractivity contribution is 5.89. The lowest BCUT2D eigenvalue weighted by molar-refractivity contribution is -0.123. The van der Waals surface area contributed by atoms with Crippen molar-refractivity contribution >= 4 is 11.8 Å². The lowest BCUT2D eigenvalue weighted by Gasteiger charge is -2.17. The van der Waals surface area contributed by atoms with Gasteiger partial charge in [-0.2, -0.15) is 0 Å². The maximum atomic E-state index is 11.6. The van der Waals surface area contributed by atoms with E-state index in [1.165, 1.54) is 7.11 Å². The molecule has 0 radical (unpaired) electrons. The van der Waals surface area contributed by atoms with Crippen molar-refractivity contribution in [1.82, 2.24) is 0 Å². The van der Waals surface area contributed by atoms with Crippen LogP contribution in [0.1, 0.15) is 41.3 Å². The van der Waals surface area contributed by atoms with E-state index in [0.717, 1.165) is 6.42 Å². The smallest absolute Gasteiger partial charge is 0.337 e. The van der Waals surface area contributed by atoms with Crippen molar-refractivity contribution in [3.8, 4) is 0 Å². The molecule has 1 aliphatic carbocycles. The molecule has 96 valence electrons. The van der Waals surface area contributed by atoms with Gasteiger partial charge >= 0.3 is 5.97 Å². The van der Waals surface area contributed by atoms with Gasteiger partial charge in [0.2, 0.25) is 0 Å². The quantitative estimate of drug-likeness (QED) is 0.829. The number of esters is 1. The molecule has 4 heteroatoms. The first kappa shape index (κ1) is 12.8. The van der Waals surface area contributed by atoms with Crippen molar-refractivity contribution in [1.29, 1.82) is 0 Å². The molecule has 1 aromatic rings. The molecule has 2 rings (SSSR count). The maximum Gasteiger partial charge on any atom is 0.337 e. The summed E-state index contributed by atoms with van der Waals surface area (Å²) in [7, 11) is 1.31.